The zero-order chi connectivity index (χ0) is 27.4. The number of ether oxygens (including phenoxy) is 3. The van der Waals surface area contributed by atoms with Gasteiger partial charge in [0, 0.05) is 13.2 Å². The van der Waals surface area contributed by atoms with E-state index in [1.165, 1.54) is 0 Å². The molecule has 3 aromatic rings. The number of nitrogens with zero attached hydrogens (tertiary/aromatic N) is 1. The molecule has 1 aliphatic rings. The molecular weight excluding hydrogens is 482 g/mol. The van der Waals surface area contributed by atoms with Crippen LogP contribution in [0.2, 0.25) is 0 Å². The smallest absolute Gasteiger partial charge is 0.290 e. The van der Waals surface area contributed by atoms with Crippen LogP contribution >= 0.6 is 0 Å². The number of carbonyl (C=O) groups is 1. The molecule has 2 aromatic carbocycles. The molecule has 0 saturated heterocycles. The molecule has 1 aliphatic heterocycles. The maximum atomic E-state index is 14.0. The number of hydrogen-bond donors (Lipinski definition) is 0. The van der Waals surface area contributed by atoms with E-state index in [1.807, 2.05) is 65.0 Å². The van der Waals surface area contributed by atoms with E-state index in [1.54, 1.807) is 4.90 Å². The number of fused-ring (bicyclic) bond motifs is 2. The van der Waals surface area contributed by atoms with Crippen LogP contribution in [0.1, 0.15) is 85.8 Å². The average Bonchev–Trinajstić information content (AvgIpc) is 3.15. The van der Waals surface area contributed by atoms with Gasteiger partial charge in [-0.25, -0.2) is 0 Å². The van der Waals surface area contributed by atoms with E-state index in [0.717, 1.165) is 29.5 Å². The van der Waals surface area contributed by atoms with Crippen molar-refractivity contribution in [1.82, 2.24) is 4.90 Å². The Morgan fingerprint density at radius 1 is 0.974 bits per heavy atom. The van der Waals surface area contributed by atoms with E-state index >= 15 is 0 Å². The van der Waals surface area contributed by atoms with Crippen LogP contribution in [0.4, 0.5) is 0 Å². The van der Waals surface area contributed by atoms with Crippen LogP contribution in [0, 0.1) is 13.8 Å². The topological polar surface area (TPSA) is 78.2 Å². The lowest BCUT2D eigenvalue weighted by molar-refractivity contribution is 0.0593. The summed E-state index contributed by atoms with van der Waals surface area (Å²) in [4.78, 5) is 29.4. The van der Waals surface area contributed by atoms with E-state index in [4.69, 9.17) is 18.6 Å². The van der Waals surface area contributed by atoms with Crippen LogP contribution in [-0.4, -0.2) is 43.3 Å². The molecule has 0 bridgehead atoms. The summed E-state index contributed by atoms with van der Waals surface area (Å²) in [7, 11) is 0. The molecule has 1 atom stereocenters. The fourth-order valence-corrected chi connectivity index (χ4v) is 5.01. The first-order valence-corrected chi connectivity index (χ1v) is 13.7. The molecule has 204 valence electrons. The molecule has 4 rings (SSSR count). The lowest BCUT2D eigenvalue weighted by Gasteiger charge is -2.26. The monoisotopic (exact) mass is 521 g/mol. The van der Waals surface area contributed by atoms with Crippen molar-refractivity contribution in [2.75, 3.05) is 26.4 Å². The Morgan fingerprint density at radius 3 is 2.47 bits per heavy atom. The van der Waals surface area contributed by atoms with Gasteiger partial charge in [0.2, 0.25) is 5.76 Å². The second-order valence-corrected chi connectivity index (χ2v) is 10.1. The van der Waals surface area contributed by atoms with Gasteiger partial charge in [0.1, 0.15) is 5.58 Å². The largest absolute Gasteiger partial charge is 0.490 e. The summed E-state index contributed by atoms with van der Waals surface area (Å²) >= 11 is 0. The molecule has 7 nitrogen and oxygen atoms in total. The van der Waals surface area contributed by atoms with Crippen molar-refractivity contribution in [3.63, 3.8) is 0 Å². The number of unbranched alkanes of at least 4 members (excludes halogenated alkanes) is 1. The average molecular weight is 522 g/mol. The molecule has 0 N–H and O–H groups in total. The van der Waals surface area contributed by atoms with Crippen LogP contribution in [0.3, 0.4) is 0 Å². The highest BCUT2D eigenvalue weighted by molar-refractivity contribution is 5.99. The van der Waals surface area contributed by atoms with Gasteiger partial charge in [0.05, 0.1) is 36.3 Å². The van der Waals surface area contributed by atoms with E-state index in [-0.39, 0.29) is 23.2 Å². The van der Waals surface area contributed by atoms with Crippen LogP contribution in [0.25, 0.3) is 11.0 Å². The number of hydrogen-bond acceptors (Lipinski definition) is 6. The molecule has 0 saturated carbocycles. The lowest BCUT2D eigenvalue weighted by atomic mass is 9.97. The Hall–Kier alpha value is -3.32. The van der Waals surface area contributed by atoms with Gasteiger partial charge in [-0.2, -0.15) is 0 Å². The van der Waals surface area contributed by atoms with Gasteiger partial charge in [-0.1, -0.05) is 25.5 Å². The van der Waals surface area contributed by atoms with E-state index in [9.17, 15) is 9.59 Å². The highest BCUT2D eigenvalue weighted by Gasteiger charge is 2.43. The molecule has 0 spiro atoms. The molecule has 0 aliphatic carbocycles. The second kappa shape index (κ2) is 12.0. The summed E-state index contributed by atoms with van der Waals surface area (Å²) in [5, 5.41) is 0.494. The Balaban J connectivity index is 1.83. The number of aryl methyl sites for hydroxylation is 2. The third-order valence-electron chi connectivity index (χ3n) is 6.73. The first kappa shape index (κ1) is 27.7. The fourth-order valence-electron chi connectivity index (χ4n) is 5.01. The predicted molar refractivity (Wildman–Crippen MR) is 149 cm³/mol. The third kappa shape index (κ3) is 5.58. The highest BCUT2D eigenvalue weighted by Crippen LogP contribution is 2.41. The van der Waals surface area contributed by atoms with E-state index in [0.29, 0.717) is 60.8 Å². The summed E-state index contributed by atoms with van der Waals surface area (Å²) in [5.41, 5.74) is 3.25. The van der Waals surface area contributed by atoms with Gasteiger partial charge in [0.15, 0.2) is 16.9 Å². The molecule has 1 aromatic heterocycles. The zero-order valence-corrected chi connectivity index (χ0v) is 23.4. The van der Waals surface area contributed by atoms with Crippen molar-refractivity contribution < 1.29 is 23.4 Å². The van der Waals surface area contributed by atoms with Crippen LogP contribution in [0.5, 0.6) is 11.5 Å². The van der Waals surface area contributed by atoms with Gasteiger partial charge in [-0.15, -0.1) is 0 Å². The number of carbonyl (C=O) groups excluding carboxylic acids is 1. The van der Waals surface area contributed by atoms with Gasteiger partial charge in [0.25, 0.3) is 5.91 Å². The standard InChI is InChI=1S/C31H39NO6/c1-7-9-14-37-24-12-11-22(18-25(24)35-8-2)27-26-28(33)23-17-20(5)16-21(6)29(23)38-30(26)31(34)32(27)13-10-15-36-19(3)4/h11-12,16-19,27H,7-10,13-15H2,1-6H3. The maximum absolute atomic E-state index is 14.0. The molecule has 7 heteroatoms. The Morgan fingerprint density at radius 2 is 1.76 bits per heavy atom. The maximum Gasteiger partial charge on any atom is 0.290 e. The minimum absolute atomic E-state index is 0.103. The van der Waals surface area contributed by atoms with E-state index < -0.39 is 6.04 Å². The van der Waals surface area contributed by atoms with Crippen molar-refractivity contribution in [1.29, 1.82) is 0 Å². The molecule has 2 heterocycles. The van der Waals surface area contributed by atoms with Crippen molar-refractivity contribution in [2.45, 2.75) is 73.0 Å². The second-order valence-electron chi connectivity index (χ2n) is 10.1. The zero-order valence-electron chi connectivity index (χ0n) is 23.4. The molecule has 0 radical (unpaired) electrons. The van der Waals surface area contributed by atoms with Crippen molar-refractivity contribution in [2.24, 2.45) is 0 Å². The van der Waals surface area contributed by atoms with Gasteiger partial charge >= 0.3 is 0 Å². The summed E-state index contributed by atoms with van der Waals surface area (Å²) in [6.45, 7) is 13.9. The molecule has 38 heavy (non-hydrogen) atoms. The Bertz CT molecular complexity index is 1360. The first-order chi connectivity index (χ1) is 18.3. The number of benzene rings is 2. The third-order valence-corrected chi connectivity index (χ3v) is 6.73. The van der Waals surface area contributed by atoms with Gasteiger partial charge < -0.3 is 23.5 Å². The predicted octanol–water partition coefficient (Wildman–Crippen LogP) is 6.35. The normalized spacial score (nSPS) is 15.0. The van der Waals surface area contributed by atoms with Crippen molar-refractivity contribution >= 4 is 16.9 Å². The van der Waals surface area contributed by atoms with E-state index in [2.05, 4.69) is 6.92 Å². The molecule has 1 unspecified atom stereocenters. The summed E-state index contributed by atoms with van der Waals surface area (Å²) in [5.74, 6) is 1.09. The summed E-state index contributed by atoms with van der Waals surface area (Å²) in [6.07, 6.45) is 2.71. The number of amides is 1. The van der Waals surface area contributed by atoms with Crippen LogP contribution in [-0.2, 0) is 4.74 Å². The number of rotatable bonds is 12. The fraction of sp³-hybridized carbons (Fsp3) is 0.484. The Labute approximate surface area is 224 Å². The minimum Gasteiger partial charge on any atom is -0.490 e. The molecule has 0 fully saturated rings. The van der Waals surface area contributed by atoms with Gasteiger partial charge in [-0.05, 0) is 82.3 Å². The summed E-state index contributed by atoms with van der Waals surface area (Å²) < 4.78 is 23.8. The lowest BCUT2D eigenvalue weighted by Crippen LogP contribution is -2.31. The summed E-state index contributed by atoms with van der Waals surface area (Å²) in [6, 6.07) is 8.88. The quantitative estimate of drug-likeness (QED) is 0.259. The van der Waals surface area contributed by atoms with Crippen LogP contribution in [0.15, 0.2) is 39.5 Å². The molecular formula is C31H39NO6. The van der Waals surface area contributed by atoms with Crippen molar-refractivity contribution in [3.8, 4) is 11.5 Å². The highest BCUT2D eigenvalue weighted by atomic mass is 16.5. The SMILES string of the molecule is CCCCOc1ccc(C2c3c(oc4c(C)cc(C)cc4c3=O)C(=O)N2CCCOC(C)C)cc1OCC. The molecule has 1 amide bonds. The minimum atomic E-state index is -0.595. The Kier molecular flexibility index (Phi) is 8.77. The first-order valence-electron chi connectivity index (χ1n) is 13.7. The van der Waals surface area contributed by atoms with Crippen LogP contribution < -0.4 is 14.9 Å². The van der Waals surface area contributed by atoms with Crippen molar-refractivity contribution in [3.05, 3.63) is 68.6 Å². The van der Waals surface area contributed by atoms with Gasteiger partial charge in [-0.3, -0.25) is 9.59 Å².